The average Bonchev–Trinajstić information content (AvgIpc) is 3.16. The molecule has 0 aliphatic rings. The first-order valence-corrected chi connectivity index (χ1v) is 21.9. The fraction of sp³-hybridized carbons (Fsp3) is 0.884. The molecule has 0 aromatic carbocycles. The van der Waals surface area contributed by atoms with Crippen LogP contribution in [0.25, 0.3) is 0 Å². The number of unbranched alkanes of at least 4 members (excludes halogenated alkanes) is 19. The van der Waals surface area contributed by atoms with Crippen LogP contribution in [0.3, 0.4) is 0 Å². The van der Waals surface area contributed by atoms with E-state index < -0.39 is 12.1 Å². The van der Waals surface area contributed by atoms with Crippen molar-refractivity contribution in [2.45, 2.75) is 200 Å². The summed E-state index contributed by atoms with van der Waals surface area (Å²) in [7, 11) is 1.57. The molecule has 0 radical (unpaired) electrons. The standard InChI is InChI=1S/C43H83N3O9/c1-5-7-9-11-13-15-17-19-20-22-24-26-41(47)54-36-40(55-43(49)27-25-23-21-18-16-14-12-10-8-6-2)35-46(45)34-39(44)28-29-42(48)53-33-32-52-38(3)30-31-51-37-50-4/h34,38,40H,5-33,35-37,44-45H2,1-4H3/b39-34-. The fourth-order valence-corrected chi connectivity index (χ4v) is 6.08. The van der Waals surface area contributed by atoms with Crippen molar-refractivity contribution in [1.29, 1.82) is 0 Å². The van der Waals surface area contributed by atoms with E-state index in [1.54, 1.807) is 7.11 Å². The number of ether oxygens (including phenoxy) is 6. The van der Waals surface area contributed by atoms with E-state index >= 15 is 0 Å². The van der Waals surface area contributed by atoms with Crippen LogP contribution in [0, 0.1) is 0 Å². The molecule has 0 rings (SSSR count). The number of carbonyl (C=O) groups is 3. The summed E-state index contributed by atoms with van der Waals surface area (Å²) in [5.74, 6) is 5.18. The second-order valence-electron chi connectivity index (χ2n) is 14.9. The van der Waals surface area contributed by atoms with Gasteiger partial charge in [-0.1, -0.05) is 136 Å². The molecule has 4 N–H and O–H groups in total. The Balaban J connectivity index is 4.67. The maximum atomic E-state index is 12.8. The number of esters is 3. The summed E-state index contributed by atoms with van der Waals surface area (Å²) in [6.45, 7) is 7.56. The zero-order chi connectivity index (χ0) is 40.6. The van der Waals surface area contributed by atoms with E-state index in [0.717, 1.165) is 38.5 Å². The first kappa shape index (κ1) is 52.6. The number of methoxy groups -OCH3 is 1. The molecular formula is C43H83N3O9. The molecule has 0 heterocycles. The Kier molecular flexibility index (Phi) is 38.1. The van der Waals surface area contributed by atoms with E-state index in [1.807, 2.05) is 6.92 Å². The lowest BCUT2D eigenvalue weighted by atomic mass is 10.1. The highest BCUT2D eigenvalue weighted by Crippen LogP contribution is 2.14. The van der Waals surface area contributed by atoms with Crippen LogP contribution >= 0.6 is 0 Å². The summed E-state index contributed by atoms with van der Waals surface area (Å²) in [6.07, 6.45) is 27.3. The summed E-state index contributed by atoms with van der Waals surface area (Å²) in [6, 6.07) is 0. The Morgan fingerprint density at radius 3 is 1.64 bits per heavy atom. The van der Waals surface area contributed by atoms with E-state index in [-0.39, 0.29) is 64.0 Å². The Morgan fingerprint density at radius 2 is 1.11 bits per heavy atom. The predicted molar refractivity (Wildman–Crippen MR) is 220 cm³/mol. The van der Waals surface area contributed by atoms with Gasteiger partial charge in [-0.15, -0.1) is 0 Å². The van der Waals surface area contributed by atoms with Gasteiger partial charge in [-0.2, -0.15) is 0 Å². The zero-order valence-corrected chi connectivity index (χ0v) is 35.6. The first-order valence-electron chi connectivity index (χ1n) is 21.9. The topological polar surface area (TPSA) is 162 Å². The van der Waals surface area contributed by atoms with Gasteiger partial charge in [0.1, 0.15) is 20.0 Å². The number of nitrogens with two attached hydrogens (primary N) is 2. The molecule has 324 valence electrons. The quantitative estimate of drug-likeness (QED) is 0.0151. The van der Waals surface area contributed by atoms with Crippen molar-refractivity contribution in [2.75, 3.05) is 46.9 Å². The Bertz CT molecular complexity index is 937. The molecule has 0 spiro atoms. The molecule has 2 unspecified atom stereocenters. The van der Waals surface area contributed by atoms with Crippen LogP contribution in [0.1, 0.15) is 188 Å². The highest BCUT2D eigenvalue weighted by atomic mass is 16.7. The number of hydrogen-bond acceptors (Lipinski definition) is 12. The maximum Gasteiger partial charge on any atom is 0.306 e. The normalized spacial score (nSPS) is 12.7. The summed E-state index contributed by atoms with van der Waals surface area (Å²) in [5, 5.41) is 1.31. The largest absolute Gasteiger partial charge is 0.463 e. The summed E-state index contributed by atoms with van der Waals surface area (Å²) in [4.78, 5) is 37.6. The van der Waals surface area contributed by atoms with Gasteiger partial charge in [0.15, 0.2) is 6.10 Å². The minimum Gasteiger partial charge on any atom is -0.463 e. The van der Waals surface area contributed by atoms with Crippen LogP contribution in [0.4, 0.5) is 0 Å². The third-order valence-electron chi connectivity index (χ3n) is 9.43. The summed E-state index contributed by atoms with van der Waals surface area (Å²) >= 11 is 0. The monoisotopic (exact) mass is 786 g/mol. The summed E-state index contributed by atoms with van der Waals surface area (Å²) < 4.78 is 32.3. The van der Waals surface area contributed by atoms with Crippen molar-refractivity contribution >= 4 is 17.9 Å². The average molecular weight is 786 g/mol. The minimum atomic E-state index is -0.759. The van der Waals surface area contributed by atoms with E-state index in [1.165, 1.54) is 108 Å². The van der Waals surface area contributed by atoms with E-state index in [9.17, 15) is 14.4 Å². The molecule has 0 bridgehead atoms. The molecule has 0 aromatic rings. The van der Waals surface area contributed by atoms with Crippen molar-refractivity contribution in [3.05, 3.63) is 11.9 Å². The molecule has 0 amide bonds. The van der Waals surface area contributed by atoms with Gasteiger partial charge in [-0.05, 0) is 32.6 Å². The lowest BCUT2D eigenvalue weighted by Crippen LogP contribution is -2.39. The van der Waals surface area contributed by atoms with Crippen molar-refractivity contribution in [1.82, 2.24) is 5.01 Å². The Hall–Kier alpha value is -2.41. The molecule has 0 fully saturated rings. The number of nitrogens with zero attached hydrogens (tertiary/aromatic N) is 1. The van der Waals surface area contributed by atoms with Crippen LogP contribution < -0.4 is 11.6 Å². The second kappa shape index (κ2) is 39.8. The molecule has 12 nitrogen and oxygen atoms in total. The molecular weight excluding hydrogens is 702 g/mol. The first-order chi connectivity index (χ1) is 26.7. The molecule has 0 saturated heterocycles. The maximum absolute atomic E-state index is 12.8. The molecule has 12 heteroatoms. The third kappa shape index (κ3) is 38.3. The Morgan fingerprint density at radius 1 is 0.618 bits per heavy atom. The SMILES string of the molecule is CCCCCCCCCCCCCC(=O)OCC(CN(N)/C=C(\N)CCC(=O)OCCOC(C)CCOCOC)OC(=O)CCCCCCCCCCCC. The number of hydrazine groups is 1. The molecule has 2 atom stereocenters. The molecule has 55 heavy (non-hydrogen) atoms. The van der Waals surface area contributed by atoms with Gasteiger partial charge in [0.2, 0.25) is 0 Å². The highest BCUT2D eigenvalue weighted by molar-refractivity contribution is 5.70. The second-order valence-corrected chi connectivity index (χ2v) is 14.9. The molecule has 0 saturated carbocycles. The zero-order valence-electron chi connectivity index (χ0n) is 35.6. The smallest absolute Gasteiger partial charge is 0.306 e. The van der Waals surface area contributed by atoms with Crippen LogP contribution in [0.2, 0.25) is 0 Å². The number of rotatable bonds is 41. The van der Waals surface area contributed by atoms with E-state index in [0.29, 0.717) is 31.6 Å². The van der Waals surface area contributed by atoms with Crippen LogP contribution in [0.15, 0.2) is 11.9 Å². The van der Waals surface area contributed by atoms with Crippen molar-refractivity contribution in [2.24, 2.45) is 11.6 Å². The number of allylic oxidation sites excluding steroid dienone is 1. The van der Waals surface area contributed by atoms with Gasteiger partial charge in [0, 0.05) is 31.8 Å². The highest BCUT2D eigenvalue weighted by Gasteiger charge is 2.19. The minimum absolute atomic E-state index is 0.0367. The molecule has 0 aliphatic heterocycles. The van der Waals surface area contributed by atoms with Gasteiger partial charge in [-0.3, -0.25) is 14.4 Å². The van der Waals surface area contributed by atoms with Crippen LogP contribution in [-0.4, -0.2) is 82.0 Å². The van der Waals surface area contributed by atoms with E-state index in [4.69, 9.17) is 40.0 Å². The third-order valence-corrected chi connectivity index (χ3v) is 9.43. The fourth-order valence-electron chi connectivity index (χ4n) is 6.08. The summed E-state index contributed by atoms with van der Waals surface area (Å²) in [5.41, 5.74) is 6.52. The lowest BCUT2D eigenvalue weighted by Gasteiger charge is -2.23. The van der Waals surface area contributed by atoms with Gasteiger partial charge in [0.25, 0.3) is 0 Å². The lowest BCUT2D eigenvalue weighted by molar-refractivity contribution is -0.160. The number of hydrogen-bond donors (Lipinski definition) is 2. The van der Waals surface area contributed by atoms with Crippen molar-refractivity contribution in [3.8, 4) is 0 Å². The van der Waals surface area contributed by atoms with Crippen molar-refractivity contribution < 1.29 is 42.8 Å². The van der Waals surface area contributed by atoms with Crippen molar-refractivity contribution in [3.63, 3.8) is 0 Å². The van der Waals surface area contributed by atoms with Gasteiger partial charge >= 0.3 is 17.9 Å². The van der Waals surface area contributed by atoms with Crippen LogP contribution in [0.5, 0.6) is 0 Å². The van der Waals surface area contributed by atoms with Gasteiger partial charge in [0.05, 0.1) is 32.3 Å². The predicted octanol–water partition coefficient (Wildman–Crippen LogP) is 9.17. The Labute approximate surface area is 335 Å². The van der Waals surface area contributed by atoms with Gasteiger partial charge < -0.3 is 39.2 Å². The molecule has 0 aromatic heterocycles. The van der Waals surface area contributed by atoms with E-state index in [2.05, 4.69) is 13.8 Å². The number of carbonyl (C=O) groups excluding carboxylic acids is 3. The van der Waals surface area contributed by atoms with Gasteiger partial charge in [-0.25, -0.2) is 5.84 Å². The molecule has 0 aliphatic carbocycles. The van der Waals surface area contributed by atoms with Crippen LogP contribution in [-0.2, 0) is 42.8 Å².